The molecule has 1 unspecified atom stereocenters. The minimum atomic E-state index is 0.394. The number of nitrogens with zero attached hydrogens (tertiary/aromatic N) is 1. The van der Waals surface area contributed by atoms with E-state index in [0.717, 1.165) is 30.5 Å². The highest BCUT2D eigenvalue weighted by molar-refractivity contribution is 7.99. The quantitative estimate of drug-likeness (QED) is 0.664. The van der Waals surface area contributed by atoms with Crippen LogP contribution in [-0.2, 0) is 4.74 Å². The summed E-state index contributed by atoms with van der Waals surface area (Å²) in [6.07, 6.45) is 4.76. The second-order valence-corrected chi connectivity index (χ2v) is 4.32. The normalized spacial score (nSPS) is 12.9. The summed E-state index contributed by atoms with van der Waals surface area (Å²) < 4.78 is 5.16. The summed E-state index contributed by atoms with van der Waals surface area (Å²) in [6, 6.07) is 0.394. The van der Waals surface area contributed by atoms with Gasteiger partial charge in [0.05, 0.1) is 6.61 Å². The Kier molecular flexibility index (Phi) is 6.47. The maximum atomic E-state index is 5.16. The molecule has 0 aliphatic carbocycles. The molecule has 0 saturated carbocycles. The number of aromatic amines is 1. The van der Waals surface area contributed by atoms with E-state index in [9.17, 15) is 0 Å². The summed E-state index contributed by atoms with van der Waals surface area (Å²) in [6.45, 7) is 3.94. The molecule has 0 bridgehead atoms. The first kappa shape index (κ1) is 12.5. The highest BCUT2D eigenvalue weighted by Crippen LogP contribution is 2.12. The van der Waals surface area contributed by atoms with E-state index in [-0.39, 0.29) is 0 Å². The summed E-state index contributed by atoms with van der Waals surface area (Å²) >= 11 is 1.72. The van der Waals surface area contributed by atoms with Gasteiger partial charge in [0.25, 0.3) is 0 Å². The van der Waals surface area contributed by atoms with Gasteiger partial charge < -0.3 is 15.0 Å². The fourth-order valence-electron chi connectivity index (χ4n) is 1.22. The summed E-state index contributed by atoms with van der Waals surface area (Å²) in [4.78, 5) is 7.24. The second kappa shape index (κ2) is 7.73. The molecule has 0 aliphatic heterocycles. The van der Waals surface area contributed by atoms with E-state index in [1.807, 2.05) is 6.20 Å². The number of hydrogen-bond donors (Lipinski definition) is 2. The third-order valence-corrected chi connectivity index (χ3v) is 3.01. The minimum Gasteiger partial charge on any atom is -0.383 e. The van der Waals surface area contributed by atoms with Crippen LogP contribution >= 0.6 is 11.8 Å². The molecule has 1 heterocycles. The lowest BCUT2D eigenvalue weighted by molar-refractivity contribution is 0.174. The number of thioether (sulfide) groups is 1. The van der Waals surface area contributed by atoms with Crippen LogP contribution in [-0.4, -0.2) is 42.0 Å². The molecular formula is C10H19N3OS. The van der Waals surface area contributed by atoms with E-state index in [4.69, 9.17) is 4.74 Å². The lowest BCUT2D eigenvalue weighted by Gasteiger charge is -2.16. The number of aromatic nitrogens is 2. The standard InChI is InChI=1S/C10H19N3OS/c1-3-4-11-9(7-14-2)8-15-10-12-5-6-13-10/h5-6,9,11H,3-4,7-8H2,1-2H3,(H,12,13). The van der Waals surface area contributed by atoms with Crippen molar-refractivity contribution < 1.29 is 4.74 Å². The second-order valence-electron chi connectivity index (χ2n) is 3.31. The van der Waals surface area contributed by atoms with Crippen LogP contribution in [0.25, 0.3) is 0 Å². The molecule has 1 atom stereocenters. The molecule has 0 saturated heterocycles. The number of nitrogens with one attached hydrogen (secondary N) is 2. The largest absolute Gasteiger partial charge is 0.383 e. The van der Waals surface area contributed by atoms with Gasteiger partial charge in [-0.15, -0.1) is 0 Å². The summed E-state index contributed by atoms with van der Waals surface area (Å²) in [5.74, 6) is 0.974. The van der Waals surface area contributed by atoms with Gasteiger partial charge in [0.1, 0.15) is 0 Å². The Balaban J connectivity index is 2.24. The molecule has 0 amide bonds. The topological polar surface area (TPSA) is 49.9 Å². The van der Waals surface area contributed by atoms with Crippen LogP contribution in [0, 0.1) is 0 Å². The van der Waals surface area contributed by atoms with Crippen LogP contribution in [0.4, 0.5) is 0 Å². The van der Waals surface area contributed by atoms with Crippen molar-refractivity contribution >= 4 is 11.8 Å². The number of methoxy groups -OCH3 is 1. The van der Waals surface area contributed by atoms with Gasteiger partial charge >= 0.3 is 0 Å². The molecule has 2 N–H and O–H groups in total. The van der Waals surface area contributed by atoms with Crippen LogP contribution in [0.5, 0.6) is 0 Å². The number of hydrogen-bond acceptors (Lipinski definition) is 4. The third kappa shape index (κ3) is 5.20. The van der Waals surface area contributed by atoms with Crippen molar-refractivity contribution in [1.29, 1.82) is 0 Å². The van der Waals surface area contributed by atoms with Gasteiger partial charge in [-0.05, 0) is 13.0 Å². The average molecular weight is 229 g/mol. The Labute approximate surface area is 95.2 Å². The maximum Gasteiger partial charge on any atom is 0.165 e. The van der Waals surface area contributed by atoms with E-state index in [0.29, 0.717) is 6.04 Å². The van der Waals surface area contributed by atoms with Crippen LogP contribution in [0.15, 0.2) is 17.6 Å². The van der Waals surface area contributed by atoms with Gasteiger partial charge in [-0.3, -0.25) is 0 Å². The number of rotatable bonds is 8. The lowest BCUT2D eigenvalue weighted by atomic mass is 10.3. The smallest absolute Gasteiger partial charge is 0.165 e. The Hall–Kier alpha value is -0.520. The molecule has 0 spiro atoms. The van der Waals surface area contributed by atoms with Crippen molar-refractivity contribution in [3.05, 3.63) is 12.4 Å². The van der Waals surface area contributed by atoms with Crippen molar-refractivity contribution in [1.82, 2.24) is 15.3 Å². The Morgan fingerprint density at radius 2 is 2.53 bits per heavy atom. The molecule has 0 aliphatic rings. The predicted octanol–water partition coefficient (Wildman–Crippen LogP) is 1.52. The van der Waals surface area contributed by atoms with Crippen molar-refractivity contribution in [2.45, 2.75) is 24.5 Å². The lowest BCUT2D eigenvalue weighted by Crippen LogP contribution is -2.35. The van der Waals surface area contributed by atoms with E-state index >= 15 is 0 Å². The first-order chi connectivity index (χ1) is 7.36. The number of imidazole rings is 1. The average Bonchev–Trinajstić information content (AvgIpc) is 2.75. The highest BCUT2D eigenvalue weighted by Gasteiger charge is 2.08. The van der Waals surface area contributed by atoms with E-state index in [1.165, 1.54) is 0 Å². The highest BCUT2D eigenvalue weighted by atomic mass is 32.2. The van der Waals surface area contributed by atoms with Crippen molar-refractivity contribution in [2.24, 2.45) is 0 Å². The number of H-pyrrole nitrogens is 1. The molecule has 1 aromatic rings. The maximum absolute atomic E-state index is 5.16. The van der Waals surface area contributed by atoms with Crippen LogP contribution < -0.4 is 5.32 Å². The zero-order valence-corrected chi connectivity index (χ0v) is 10.1. The summed E-state index contributed by atoms with van der Waals surface area (Å²) in [5.41, 5.74) is 0. The van der Waals surface area contributed by atoms with Crippen molar-refractivity contribution in [3.63, 3.8) is 0 Å². The van der Waals surface area contributed by atoms with Crippen LogP contribution in [0.1, 0.15) is 13.3 Å². The summed E-state index contributed by atoms with van der Waals surface area (Å²) in [7, 11) is 1.73. The first-order valence-corrected chi connectivity index (χ1v) is 6.19. The number of ether oxygens (including phenoxy) is 1. The Morgan fingerprint density at radius 3 is 3.13 bits per heavy atom. The molecule has 86 valence electrons. The molecule has 1 aromatic heterocycles. The summed E-state index contributed by atoms with van der Waals surface area (Å²) in [5, 5.41) is 4.41. The zero-order valence-electron chi connectivity index (χ0n) is 9.32. The monoisotopic (exact) mass is 229 g/mol. The predicted molar refractivity (Wildman–Crippen MR) is 63.3 cm³/mol. The zero-order chi connectivity index (χ0) is 10.9. The molecule has 0 aromatic carbocycles. The molecule has 1 rings (SSSR count). The first-order valence-electron chi connectivity index (χ1n) is 5.21. The van der Waals surface area contributed by atoms with Gasteiger partial charge in [0.2, 0.25) is 0 Å². The minimum absolute atomic E-state index is 0.394. The fraction of sp³-hybridized carbons (Fsp3) is 0.700. The van der Waals surface area contributed by atoms with Gasteiger partial charge in [0.15, 0.2) is 5.16 Å². The van der Waals surface area contributed by atoms with Crippen molar-refractivity contribution in [2.75, 3.05) is 26.0 Å². The molecule has 4 nitrogen and oxygen atoms in total. The Bertz CT molecular complexity index is 241. The van der Waals surface area contributed by atoms with Gasteiger partial charge in [-0.2, -0.15) is 0 Å². The van der Waals surface area contributed by atoms with E-state index in [1.54, 1.807) is 25.1 Å². The van der Waals surface area contributed by atoms with Crippen LogP contribution in [0.3, 0.4) is 0 Å². The van der Waals surface area contributed by atoms with E-state index in [2.05, 4.69) is 22.2 Å². The van der Waals surface area contributed by atoms with Gasteiger partial charge in [-0.1, -0.05) is 18.7 Å². The van der Waals surface area contributed by atoms with Crippen molar-refractivity contribution in [3.8, 4) is 0 Å². The van der Waals surface area contributed by atoms with Gasteiger partial charge in [-0.25, -0.2) is 4.98 Å². The Morgan fingerprint density at radius 1 is 1.67 bits per heavy atom. The molecular weight excluding hydrogens is 210 g/mol. The SMILES string of the molecule is CCCNC(COC)CSc1ncc[nH]1. The molecule has 0 fully saturated rings. The van der Waals surface area contributed by atoms with Gasteiger partial charge in [0, 0.05) is 31.3 Å². The molecule has 0 radical (unpaired) electrons. The van der Waals surface area contributed by atoms with E-state index < -0.39 is 0 Å². The third-order valence-electron chi connectivity index (χ3n) is 1.95. The fourth-order valence-corrected chi connectivity index (χ4v) is 2.08. The van der Waals surface area contributed by atoms with Crippen LogP contribution in [0.2, 0.25) is 0 Å². The molecule has 5 heteroatoms. The molecule has 15 heavy (non-hydrogen) atoms.